The summed E-state index contributed by atoms with van der Waals surface area (Å²) in [5.41, 5.74) is -0.0262. The summed E-state index contributed by atoms with van der Waals surface area (Å²) >= 11 is 0. The largest absolute Gasteiger partial charge is 0.375 e. The van der Waals surface area contributed by atoms with Crippen molar-refractivity contribution in [1.82, 2.24) is 10.2 Å². The second-order valence-electron chi connectivity index (χ2n) is 6.97. The summed E-state index contributed by atoms with van der Waals surface area (Å²) in [5.74, 6) is -0.742. The van der Waals surface area contributed by atoms with Crippen LogP contribution >= 0.6 is 0 Å². The number of halogens is 2. The van der Waals surface area contributed by atoms with Gasteiger partial charge in [-0.1, -0.05) is 0 Å². The lowest BCUT2D eigenvalue weighted by Gasteiger charge is -2.35. The highest BCUT2D eigenvalue weighted by Crippen LogP contribution is 2.37. The molecule has 2 aliphatic heterocycles. The van der Waals surface area contributed by atoms with E-state index >= 15 is 0 Å². The predicted octanol–water partition coefficient (Wildman–Crippen LogP) is 2.34. The number of morpholine rings is 1. The molecule has 2 saturated heterocycles. The van der Waals surface area contributed by atoms with E-state index in [2.05, 4.69) is 15.5 Å². The molecule has 1 aromatic carbocycles. The van der Waals surface area contributed by atoms with Crippen LogP contribution in [0.4, 0.5) is 19.3 Å². The number of hydrogen-bond acceptors (Lipinski definition) is 3. The van der Waals surface area contributed by atoms with E-state index in [9.17, 15) is 13.6 Å². The highest BCUT2D eigenvalue weighted by atomic mass is 19.1. The normalized spacial score (nSPS) is 30.0. The second-order valence-corrected chi connectivity index (χ2v) is 6.97. The van der Waals surface area contributed by atoms with Gasteiger partial charge in [0.25, 0.3) is 0 Å². The van der Waals surface area contributed by atoms with E-state index in [0.717, 1.165) is 31.6 Å². The van der Waals surface area contributed by atoms with Gasteiger partial charge in [-0.2, -0.15) is 0 Å². The molecule has 24 heavy (non-hydrogen) atoms. The molecule has 4 rings (SSSR count). The van der Waals surface area contributed by atoms with Gasteiger partial charge in [0.2, 0.25) is 0 Å². The van der Waals surface area contributed by atoms with Crippen LogP contribution in [0, 0.1) is 17.6 Å². The first kappa shape index (κ1) is 15.8. The molecular formula is C17H21F2N3O2. The summed E-state index contributed by atoms with van der Waals surface area (Å²) in [6, 6.07) is 2.97. The molecule has 0 unspecified atom stereocenters. The molecule has 3 atom stereocenters. The van der Waals surface area contributed by atoms with Crippen LogP contribution in [-0.2, 0) is 4.74 Å². The van der Waals surface area contributed by atoms with Crippen LogP contribution in [0.2, 0.25) is 0 Å². The predicted molar refractivity (Wildman–Crippen MR) is 84.7 cm³/mol. The highest BCUT2D eigenvalue weighted by molar-refractivity contribution is 5.89. The van der Waals surface area contributed by atoms with Gasteiger partial charge in [0.1, 0.15) is 11.6 Å². The van der Waals surface area contributed by atoms with Gasteiger partial charge in [0, 0.05) is 31.2 Å². The number of nitrogens with one attached hydrogen (secondary N) is 2. The Morgan fingerprint density at radius 2 is 2.08 bits per heavy atom. The van der Waals surface area contributed by atoms with E-state index in [1.165, 1.54) is 18.9 Å². The minimum atomic E-state index is -0.783. The molecule has 2 N–H and O–H groups in total. The van der Waals surface area contributed by atoms with Gasteiger partial charge in [0.05, 0.1) is 18.4 Å². The maximum Gasteiger partial charge on any atom is 0.319 e. The van der Waals surface area contributed by atoms with Crippen molar-refractivity contribution >= 4 is 11.7 Å². The summed E-state index contributed by atoms with van der Waals surface area (Å²) in [4.78, 5) is 14.4. The monoisotopic (exact) mass is 337 g/mol. The molecule has 0 bridgehead atoms. The van der Waals surface area contributed by atoms with Crippen molar-refractivity contribution in [3.8, 4) is 0 Å². The Kier molecular flexibility index (Phi) is 4.14. The Morgan fingerprint density at radius 3 is 2.83 bits per heavy atom. The number of fused-ring (bicyclic) bond motifs is 1. The first-order valence-electron chi connectivity index (χ1n) is 8.46. The Balaban J connectivity index is 1.30. The van der Waals surface area contributed by atoms with Crippen LogP contribution in [0.5, 0.6) is 0 Å². The molecule has 0 spiro atoms. The average molecular weight is 337 g/mol. The van der Waals surface area contributed by atoms with Crippen LogP contribution in [0.25, 0.3) is 0 Å². The van der Waals surface area contributed by atoms with Crippen LogP contribution in [-0.4, -0.2) is 48.8 Å². The van der Waals surface area contributed by atoms with Crippen molar-refractivity contribution in [2.45, 2.75) is 37.5 Å². The SMILES string of the molecule is O=C(Nc1ccc(F)cc1F)N[C@H]1C[C@H]2CO[C@@H](C3CC3)CN2C1. The third-order valence-corrected chi connectivity index (χ3v) is 5.11. The fourth-order valence-corrected chi connectivity index (χ4v) is 3.69. The van der Waals surface area contributed by atoms with E-state index in [1.807, 2.05) is 0 Å². The van der Waals surface area contributed by atoms with E-state index < -0.39 is 17.7 Å². The molecule has 7 heteroatoms. The number of hydrogen-bond donors (Lipinski definition) is 2. The van der Waals surface area contributed by atoms with Gasteiger partial charge in [-0.3, -0.25) is 4.90 Å². The van der Waals surface area contributed by atoms with Gasteiger partial charge >= 0.3 is 6.03 Å². The Labute approximate surface area is 139 Å². The molecule has 1 saturated carbocycles. The first-order valence-corrected chi connectivity index (χ1v) is 8.46. The van der Waals surface area contributed by atoms with Crippen molar-refractivity contribution in [1.29, 1.82) is 0 Å². The third-order valence-electron chi connectivity index (χ3n) is 5.11. The van der Waals surface area contributed by atoms with Crippen LogP contribution < -0.4 is 10.6 Å². The molecule has 130 valence electrons. The zero-order valence-corrected chi connectivity index (χ0v) is 13.3. The average Bonchev–Trinajstić information content (AvgIpc) is 3.30. The molecule has 0 aromatic heterocycles. The van der Waals surface area contributed by atoms with E-state index in [-0.39, 0.29) is 11.7 Å². The van der Waals surface area contributed by atoms with Gasteiger partial charge in [0.15, 0.2) is 0 Å². The van der Waals surface area contributed by atoms with Gasteiger partial charge in [-0.25, -0.2) is 13.6 Å². The Bertz CT molecular complexity index is 638. The summed E-state index contributed by atoms with van der Waals surface area (Å²) in [6.45, 7) is 2.44. The molecule has 1 aliphatic carbocycles. The van der Waals surface area contributed by atoms with Gasteiger partial charge in [-0.05, 0) is 37.3 Å². The fourth-order valence-electron chi connectivity index (χ4n) is 3.69. The Morgan fingerprint density at radius 1 is 1.25 bits per heavy atom. The van der Waals surface area contributed by atoms with Crippen molar-refractivity contribution in [3.63, 3.8) is 0 Å². The van der Waals surface area contributed by atoms with Crippen molar-refractivity contribution in [3.05, 3.63) is 29.8 Å². The summed E-state index contributed by atoms with van der Waals surface area (Å²) in [7, 11) is 0. The third kappa shape index (κ3) is 3.37. The molecule has 3 aliphatic rings. The zero-order valence-electron chi connectivity index (χ0n) is 13.3. The van der Waals surface area contributed by atoms with Gasteiger partial charge < -0.3 is 15.4 Å². The second kappa shape index (κ2) is 6.29. The first-order chi connectivity index (χ1) is 11.6. The van der Waals surface area contributed by atoms with E-state index in [1.54, 1.807) is 0 Å². The van der Waals surface area contributed by atoms with Crippen molar-refractivity contribution in [2.24, 2.45) is 5.92 Å². The topological polar surface area (TPSA) is 53.6 Å². The van der Waals surface area contributed by atoms with E-state index in [0.29, 0.717) is 24.7 Å². The summed E-state index contributed by atoms with van der Waals surface area (Å²) < 4.78 is 32.4. The zero-order chi connectivity index (χ0) is 16.7. The number of rotatable bonds is 3. The summed E-state index contributed by atoms with van der Waals surface area (Å²) in [5, 5.41) is 5.32. The molecule has 3 fully saturated rings. The number of carbonyl (C=O) groups is 1. The molecule has 2 heterocycles. The quantitative estimate of drug-likeness (QED) is 0.890. The highest BCUT2D eigenvalue weighted by Gasteiger charge is 2.42. The fraction of sp³-hybridized carbons (Fsp3) is 0.588. The lowest BCUT2D eigenvalue weighted by atomic mass is 10.1. The Hall–Kier alpha value is -1.73. The van der Waals surface area contributed by atoms with Crippen molar-refractivity contribution < 1.29 is 18.3 Å². The standard InChI is InChI=1S/C17H21F2N3O2/c18-11-3-4-15(14(19)5-11)21-17(23)20-12-6-13-9-24-16(10-1-2-10)8-22(13)7-12/h3-5,10,12-13,16H,1-2,6-9H2,(H2,20,21,23)/t12-,13-,16+/m0/s1. The molecule has 5 nitrogen and oxygen atoms in total. The van der Waals surface area contributed by atoms with Gasteiger partial charge in [-0.15, -0.1) is 0 Å². The molecule has 2 amide bonds. The number of amides is 2. The van der Waals surface area contributed by atoms with Crippen LogP contribution in [0.1, 0.15) is 19.3 Å². The lowest BCUT2D eigenvalue weighted by Crippen LogP contribution is -2.47. The van der Waals surface area contributed by atoms with Crippen LogP contribution in [0.3, 0.4) is 0 Å². The number of ether oxygens (including phenoxy) is 1. The van der Waals surface area contributed by atoms with Crippen molar-refractivity contribution in [2.75, 3.05) is 25.0 Å². The number of anilines is 1. The smallest absolute Gasteiger partial charge is 0.319 e. The number of nitrogens with zero attached hydrogens (tertiary/aromatic N) is 1. The maximum absolute atomic E-state index is 13.6. The number of carbonyl (C=O) groups excluding carboxylic acids is 1. The molecule has 1 aromatic rings. The minimum Gasteiger partial charge on any atom is -0.375 e. The molecule has 0 radical (unpaired) electrons. The molecular weight excluding hydrogens is 316 g/mol. The van der Waals surface area contributed by atoms with Crippen LogP contribution in [0.15, 0.2) is 18.2 Å². The summed E-state index contributed by atoms with van der Waals surface area (Å²) in [6.07, 6.45) is 3.69. The minimum absolute atomic E-state index is 0.0139. The lowest BCUT2D eigenvalue weighted by molar-refractivity contribution is -0.0581. The number of benzene rings is 1. The number of urea groups is 1. The van der Waals surface area contributed by atoms with E-state index in [4.69, 9.17) is 4.74 Å². The maximum atomic E-state index is 13.6.